The van der Waals surface area contributed by atoms with Gasteiger partial charge >= 0.3 is 23.9 Å². The lowest BCUT2D eigenvalue weighted by molar-refractivity contribution is -0.301. The number of allylic oxidation sites excluding steroid dienone is 18. The summed E-state index contributed by atoms with van der Waals surface area (Å²) in [6, 6.07) is 0. The number of unbranched alkanes of at least 4 members (excludes halogenated alkanes) is 25. The van der Waals surface area contributed by atoms with Crippen LogP contribution in [0.1, 0.15) is 278 Å². The van der Waals surface area contributed by atoms with E-state index >= 15 is 0 Å². The van der Waals surface area contributed by atoms with E-state index in [1.54, 1.807) is 0 Å². The zero-order valence-electron chi connectivity index (χ0n) is 53.6. The first-order valence-corrected chi connectivity index (χ1v) is 33.9. The molecular formula is C73H120O12. The Labute approximate surface area is 516 Å². The van der Waals surface area contributed by atoms with E-state index in [2.05, 4.69) is 124 Å². The van der Waals surface area contributed by atoms with Gasteiger partial charge in [-0.25, -0.2) is 4.79 Å². The molecule has 1 heterocycles. The largest absolute Gasteiger partial charge is 0.479 e. The van der Waals surface area contributed by atoms with Gasteiger partial charge in [-0.05, 0) is 96.3 Å². The first-order chi connectivity index (χ1) is 41.6. The molecule has 1 aliphatic heterocycles. The topological polar surface area (TPSA) is 175 Å². The minimum atomic E-state index is -1.92. The average Bonchev–Trinajstić information content (AvgIpc) is 3.53. The van der Waals surface area contributed by atoms with Crippen molar-refractivity contribution in [1.82, 2.24) is 0 Å². The Morgan fingerprint density at radius 2 is 0.753 bits per heavy atom. The van der Waals surface area contributed by atoms with Gasteiger partial charge < -0.3 is 39.0 Å². The molecule has 0 radical (unpaired) electrons. The van der Waals surface area contributed by atoms with Gasteiger partial charge in [-0.2, -0.15) is 0 Å². The molecule has 0 aromatic heterocycles. The number of esters is 3. The molecule has 1 aliphatic rings. The van der Waals surface area contributed by atoms with E-state index < -0.39 is 67.3 Å². The van der Waals surface area contributed by atoms with Crippen LogP contribution in [0, 0.1) is 0 Å². The van der Waals surface area contributed by atoms with Crippen molar-refractivity contribution in [2.45, 2.75) is 314 Å². The lowest BCUT2D eigenvalue weighted by Crippen LogP contribution is -2.61. The fourth-order valence-corrected chi connectivity index (χ4v) is 9.75. The molecule has 0 aliphatic carbocycles. The van der Waals surface area contributed by atoms with Crippen LogP contribution in [0.2, 0.25) is 0 Å². The van der Waals surface area contributed by atoms with Gasteiger partial charge in [-0.1, -0.05) is 271 Å². The van der Waals surface area contributed by atoms with Crippen LogP contribution >= 0.6 is 0 Å². The average molecular weight is 1190 g/mol. The Morgan fingerprint density at radius 1 is 0.400 bits per heavy atom. The molecule has 0 amide bonds. The number of carbonyl (C=O) groups excluding carboxylic acids is 3. The number of carbonyl (C=O) groups is 4. The zero-order valence-corrected chi connectivity index (χ0v) is 53.6. The van der Waals surface area contributed by atoms with Gasteiger partial charge in [0.25, 0.3) is 0 Å². The smallest absolute Gasteiger partial charge is 0.335 e. The first kappa shape index (κ1) is 78.4. The molecule has 0 aromatic rings. The Hall–Kier alpha value is -4.62. The predicted octanol–water partition coefficient (Wildman–Crippen LogP) is 18.6. The Morgan fingerprint density at radius 3 is 1.16 bits per heavy atom. The maximum absolute atomic E-state index is 13.2. The summed E-state index contributed by atoms with van der Waals surface area (Å²) in [5.41, 5.74) is 0. The highest BCUT2D eigenvalue weighted by molar-refractivity contribution is 5.74. The number of aliphatic hydroxyl groups excluding tert-OH is 2. The van der Waals surface area contributed by atoms with Crippen molar-refractivity contribution in [2.75, 3.05) is 13.2 Å². The summed E-state index contributed by atoms with van der Waals surface area (Å²) in [4.78, 5) is 51.4. The molecule has 12 nitrogen and oxygen atoms in total. The maximum atomic E-state index is 13.2. The van der Waals surface area contributed by atoms with Crippen LogP contribution in [0.4, 0.5) is 0 Å². The van der Waals surface area contributed by atoms with Crippen LogP contribution in [0.25, 0.3) is 0 Å². The summed E-state index contributed by atoms with van der Waals surface area (Å²) in [6.45, 7) is 5.75. The molecule has 0 bridgehead atoms. The highest BCUT2D eigenvalue weighted by atomic mass is 16.7. The Bertz CT molecular complexity index is 1890. The van der Waals surface area contributed by atoms with E-state index in [0.717, 1.165) is 116 Å². The Kier molecular flexibility index (Phi) is 55.1. The van der Waals surface area contributed by atoms with Gasteiger partial charge in [0.2, 0.25) is 0 Å². The van der Waals surface area contributed by atoms with E-state index in [9.17, 15) is 34.5 Å². The van der Waals surface area contributed by atoms with E-state index in [0.29, 0.717) is 25.7 Å². The van der Waals surface area contributed by atoms with Crippen LogP contribution in [0.15, 0.2) is 109 Å². The third kappa shape index (κ3) is 49.1. The lowest BCUT2D eigenvalue weighted by atomic mass is 9.98. The van der Waals surface area contributed by atoms with Crippen molar-refractivity contribution in [2.24, 2.45) is 0 Å². The summed E-state index contributed by atoms with van der Waals surface area (Å²) in [5.74, 6) is -3.21. The zero-order chi connectivity index (χ0) is 61.7. The number of aliphatic hydroxyl groups is 2. The van der Waals surface area contributed by atoms with E-state index in [4.69, 9.17) is 23.7 Å². The van der Waals surface area contributed by atoms with Crippen LogP contribution in [0.3, 0.4) is 0 Å². The summed E-state index contributed by atoms with van der Waals surface area (Å²) in [7, 11) is 0. The minimum Gasteiger partial charge on any atom is -0.479 e. The Balaban J connectivity index is 2.68. The molecule has 1 saturated heterocycles. The van der Waals surface area contributed by atoms with E-state index in [1.807, 2.05) is 6.08 Å². The standard InChI is InChI=1S/C73H120O12/c1-4-7-10-13-16-19-22-25-28-31-33-36-38-41-44-47-50-53-56-59-65(74)81-62-64(83-66(75)60-57-54-51-48-45-42-39-35-30-27-24-21-18-15-12-9-6-3)63-82-73-71(69(78)68(77)70(85-73)72(79)80)84-67(76)61-58-55-52-49-46-43-40-37-34-32-29-26-23-20-17-14-11-8-5-2/h8-9,11-12,17-18,20-21,26-27,29-30,34,37,39,42,48,51,64,68-71,73,77-78H,4-7,10,13-16,19,22-25,28,31-33,35-36,38,40-41,43-47,49-50,52-63H2,1-3H3,(H,79,80)/b11-8-,12-9-,20-17-,21-18-,29-26-,30-27-,37-34-,42-39-,51-48-. The van der Waals surface area contributed by atoms with Crippen molar-refractivity contribution >= 4 is 23.9 Å². The molecule has 484 valence electrons. The summed E-state index contributed by atoms with van der Waals surface area (Å²) < 4.78 is 28.5. The van der Waals surface area contributed by atoms with Gasteiger partial charge in [-0.3, -0.25) is 14.4 Å². The van der Waals surface area contributed by atoms with Gasteiger partial charge in [0, 0.05) is 19.3 Å². The van der Waals surface area contributed by atoms with Crippen molar-refractivity contribution in [3.05, 3.63) is 109 Å². The lowest BCUT2D eigenvalue weighted by Gasteiger charge is -2.40. The number of carboxylic acids is 1. The molecule has 1 rings (SSSR count). The molecule has 0 saturated carbocycles. The van der Waals surface area contributed by atoms with Crippen molar-refractivity contribution in [1.29, 1.82) is 0 Å². The summed E-state index contributed by atoms with van der Waals surface area (Å²) in [5, 5.41) is 31.6. The number of rotatable bonds is 57. The molecular weight excluding hydrogens is 1070 g/mol. The third-order valence-electron chi connectivity index (χ3n) is 14.8. The van der Waals surface area contributed by atoms with E-state index in [1.165, 1.54) is 96.3 Å². The van der Waals surface area contributed by atoms with Gasteiger partial charge in [0.1, 0.15) is 18.8 Å². The number of hydrogen-bond acceptors (Lipinski definition) is 11. The van der Waals surface area contributed by atoms with Crippen LogP contribution in [-0.2, 0) is 42.9 Å². The van der Waals surface area contributed by atoms with Crippen LogP contribution < -0.4 is 0 Å². The second kappa shape index (κ2) is 59.7. The van der Waals surface area contributed by atoms with Gasteiger partial charge in [-0.15, -0.1) is 0 Å². The van der Waals surface area contributed by atoms with E-state index in [-0.39, 0.29) is 25.9 Å². The maximum Gasteiger partial charge on any atom is 0.335 e. The fraction of sp³-hybridized carbons (Fsp3) is 0.699. The fourth-order valence-electron chi connectivity index (χ4n) is 9.75. The van der Waals surface area contributed by atoms with Crippen LogP contribution in [0.5, 0.6) is 0 Å². The SMILES string of the molecule is CC/C=C\C/C=C\C/C=C\C/C=C\C/C=C\CCCC(=O)OC(COC(=O)CCCCCCCCCCCCCCCCCCCCC)COC1OC(C(=O)O)C(O)C(O)C1OC(=O)CCCCCCCC/C=C\C/C=C\C/C=C\C/C=C\CC. The predicted molar refractivity (Wildman–Crippen MR) is 349 cm³/mol. The third-order valence-corrected chi connectivity index (χ3v) is 14.8. The number of aliphatic carboxylic acids is 1. The molecule has 1 fully saturated rings. The van der Waals surface area contributed by atoms with Gasteiger partial charge in [0.05, 0.1) is 6.61 Å². The molecule has 6 atom stereocenters. The molecule has 6 unspecified atom stereocenters. The second-order valence-corrected chi connectivity index (χ2v) is 22.7. The number of carboxylic acid groups (broad SMARTS) is 1. The second-order valence-electron chi connectivity index (χ2n) is 22.7. The highest BCUT2D eigenvalue weighted by Crippen LogP contribution is 2.27. The van der Waals surface area contributed by atoms with Crippen molar-refractivity contribution in [3.8, 4) is 0 Å². The quantitative estimate of drug-likeness (QED) is 0.0228. The monoisotopic (exact) mass is 1190 g/mol. The highest BCUT2D eigenvalue weighted by Gasteiger charge is 2.50. The molecule has 0 spiro atoms. The van der Waals surface area contributed by atoms with Crippen LogP contribution in [-0.4, -0.2) is 89.2 Å². The number of ether oxygens (including phenoxy) is 5. The van der Waals surface area contributed by atoms with Gasteiger partial charge in [0.15, 0.2) is 24.6 Å². The normalized spacial score (nSPS) is 18.2. The molecule has 3 N–H and O–H groups in total. The minimum absolute atomic E-state index is 0.0334. The number of hydrogen-bond donors (Lipinski definition) is 3. The van der Waals surface area contributed by atoms with Crippen molar-refractivity contribution in [3.63, 3.8) is 0 Å². The van der Waals surface area contributed by atoms with Crippen molar-refractivity contribution < 1.29 is 58.2 Å². The molecule has 12 heteroatoms. The first-order valence-electron chi connectivity index (χ1n) is 33.9. The molecule has 85 heavy (non-hydrogen) atoms. The summed E-state index contributed by atoms with van der Waals surface area (Å²) in [6.07, 6.45) is 69.1. The summed E-state index contributed by atoms with van der Waals surface area (Å²) >= 11 is 0. The molecule has 0 aromatic carbocycles.